The maximum atomic E-state index is 13.7. The van der Waals surface area contributed by atoms with E-state index in [1.807, 2.05) is 0 Å². The number of methoxy groups -OCH3 is 1. The Bertz CT molecular complexity index is 1760. The van der Waals surface area contributed by atoms with Crippen molar-refractivity contribution in [1.82, 2.24) is 5.32 Å². The summed E-state index contributed by atoms with van der Waals surface area (Å²) in [5.41, 5.74) is -0.610. The molecule has 0 fully saturated rings. The molecule has 0 aliphatic heterocycles. The van der Waals surface area contributed by atoms with Gasteiger partial charge in [-0.25, -0.2) is 0 Å². The summed E-state index contributed by atoms with van der Waals surface area (Å²) < 4.78 is 45.3. The van der Waals surface area contributed by atoms with Crippen LogP contribution in [-0.4, -0.2) is 29.6 Å². The van der Waals surface area contributed by atoms with Crippen molar-refractivity contribution < 1.29 is 32.3 Å². The highest BCUT2D eigenvalue weighted by Crippen LogP contribution is 2.36. The van der Waals surface area contributed by atoms with Gasteiger partial charge < -0.3 is 20.7 Å². The number of anilines is 2. The van der Waals surface area contributed by atoms with Crippen LogP contribution < -0.4 is 20.7 Å². The van der Waals surface area contributed by atoms with Crippen LogP contribution in [0.2, 0.25) is 5.02 Å². The summed E-state index contributed by atoms with van der Waals surface area (Å²) in [5.74, 6) is -1.30. The van der Waals surface area contributed by atoms with Gasteiger partial charge in [0.05, 0.1) is 22.4 Å². The summed E-state index contributed by atoms with van der Waals surface area (Å²) in [4.78, 5) is 40.0. The summed E-state index contributed by atoms with van der Waals surface area (Å²) >= 11 is 7.44. The minimum absolute atomic E-state index is 0.216. The van der Waals surface area contributed by atoms with Crippen molar-refractivity contribution in [3.63, 3.8) is 0 Å². The standard InChI is InChI=1S/C34H29ClF3N3O4S/c1-33(2,32(44)40-24-15-18-29(45-3)27(35)20-24)46-25-16-13-23(14-17-25)39-31(43)28(41-30(42)21-9-5-4-6-10-21)19-22-11-7-8-12-26(22)34(36,37)38/h4-20H,1-3H3,(H,39,43)(H,40,44)(H,41,42)/b28-19+. The van der Waals surface area contributed by atoms with Crippen LogP contribution in [0.25, 0.3) is 6.08 Å². The molecule has 0 saturated carbocycles. The lowest BCUT2D eigenvalue weighted by atomic mass is 10.1. The van der Waals surface area contributed by atoms with E-state index in [1.54, 1.807) is 74.5 Å². The van der Waals surface area contributed by atoms with Crippen molar-refractivity contribution in [2.24, 2.45) is 0 Å². The highest BCUT2D eigenvalue weighted by atomic mass is 35.5. The SMILES string of the molecule is COc1ccc(NC(=O)C(C)(C)Sc2ccc(NC(=O)/C(=C\c3ccccc3C(F)(F)F)NC(=O)c3ccccc3)cc2)cc1Cl. The Hall–Kier alpha value is -4.74. The molecule has 12 heteroatoms. The van der Waals surface area contributed by atoms with Gasteiger partial charge in [0.15, 0.2) is 0 Å². The predicted octanol–water partition coefficient (Wildman–Crippen LogP) is 8.29. The van der Waals surface area contributed by atoms with Crippen molar-refractivity contribution in [3.8, 4) is 5.75 Å². The van der Waals surface area contributed by atoms with Crippen molar-refractivity contribution in [3.05, 3.63) is 124 Å². The minimum atomic E-state index is -4.68. The van der Waals surface area contributed by atoms with Crippen LogP contribution in [0.4, 0.5) is 24.5 Å². The van der Waals surface area contributed by atoms with Gasteiger partial charge in [-0.15, -0.1) is 11.8 Å². The molecule has 3 amide bonds. The first-order chi connectivity index (χ1) is 21.8. The molecule has 3 N–H and O–H groups in total. The first-order valence-electron chi connectivity index (χ1n) is 13.8. The molecule has 4 aromatic rings. The molecule has 0 saturated heterocycles. The van der Waals surface area contributed by atoms with Crippen LogP contribution in [0.5, 0.6) is 5.75 Å². The molecule has 4 aromatic carbocycles. The van der Waals surface area contributed by atoms with Gasteiger partial charge in [-0.05, 0) is 86.2 Å². The Morgan fingerprint density at radius 3 is 2.09 bits per heavy atom. The van der Waals surface area contributed by atoms with Gasteiger partial charge in [0, 0.05) is 21.8 Å². The Kier molecular flexibility index (Phi) is 10.8. The fourth-order valence-electron chi connectivity index (χ4n) is 4.15. The first kappa shape index (κ1) is 34.1. The van der Waals surface area contributed by atoms with E-state index < -0.39 is 28.3 Å². The van der Waals surface area contributed by atoms with E-state index in [0.717, 1.165) is 12.1 Å². The molecule has 238 valence electrons. The summed E-state index contributed by atoms with van der Waals surface area (Å²) in [7, 11) is 1.49. The Morgan fingerprint density at radius 2 is 1.46 bits per heavy atom. The number of thioether (sulfide) groups is 1. The van der Waals surface area contributed by atoms with Gasteiger partial charge in [0.25, 0.3) is 11.8 Å². The number of alkyl halides is 3. The van der Waals surface area contributed by atoms with Gasteiger partial charge in [-0.2, -0.15) is 13.2 Å². The molecule has 0 bridgehead atoms. The summed E-state index contributed by atoms with van der Waals surface area (Å²) in [6.07, 6.45) is -3.70. The average Bonchev–Trinajstić information content (AvgIpc) is 3.01. The first-order valence-corrected chi connectivity index (χ1v) is 15.0. The fourth-order valence-corrected chi connectivity index (χ4v) is 5.41. The lowest BCUT2D eigenvalue weighted by Gasteiger charge is -2.23. The zero-order valence-electron chi connectivity index (χ0n) is 24.9. The number of rotatable bonds is 10. The number of ether oxygens (including phenoxy) is 1. The lowest BCUT2D eigenvalue weighted by molar-refractivity contribution is -0.137. The van der Waals surface area contributed by atoms with Gasteiger partial charge in [-0.1, -0.05) is 48.0 Å². The van der Waals surface area contributed by atoms with Gasteiger partial charge in [0.2, 0.25) is 5.91 Å². The predicted molar refractivity (Wildman–Crippen MR) is 175 cm³/mol. The van der Waals surface area contributed by atoms with Crippen molar-refractivity contribution in [1.29, 1.82) is 0 Å². The van der Waals surface area contributed by atoms with E-state index in [4.69, 9.17) is 16.3 Å². The maximum Gasteiger partial charge on any atom is 0.416 e. The highest BCUT2D eigenvalue weighted by molar-refractivity contribution is 8.01. The third-order valence-electron chi connectivity index (χ3n) is 6.54. The summed E-state index contributed by atoms with van der Waals surface area (Å²) in [6, 6.07) is 24.1. The molecule has 0 aliphatic rings. The molecular weight excluding hydrogens is 639 g/mol. The molecule has 0 radical (unpaired) electrons. The van der Waals surface area contributed by atoms with E-state index in [-0.39, 0.29) is 22.7 Å². The van der Waals surface area contributed by atoms with Gasteiger partial charge in [0.1, 0.15) is 11.4 Å². The number of hydrogen-bond donors (Lipinski definition) is 3. The topological polar surface area (TPSA) is 96.5 Å². The quantitative estimate of drug-likeness (QED) is 0.117. The van der Waals surface area contributed by atoms with Crippen LogP contribution in [-0.2, 0) is 15.8 Å². The van der Waals surface area contributed by atoms with Crippen LogP contribution in [0.15, 0.2) is 108 Å². The zero-order chi connectivity index (χ0) is 33.5. The van der Waals surface area contributed by atoms with Crippen molar-refractivity contribution >= 4 is 58.5 Å². The molecule has 4 rings (SSSR count). The van der Waals surface area contributed by atoms with E-state index in [0.29, 0.717) is 27.0 Å². The van der Waals surface area contributed by atoms with Crippen LogP contribution in [0, 0.1) is 0 Å². The largest absolute Gasteiger partial charge is 0.495 e. The Labute approximate surface area is 273 Å². The number of amides is 3. The summed E-state index contributed by atoms with van der Waals surface area (Å²) in [6.45, 7) is 3.50. The molecule has 46 heavy (non-hydrogen) atoms. The van der Waals surface area contributed by atoms with Crippen molar-refractivity contribution in [2.75, 3.05) is 17.7 Å². The summed E-state index contributed by atoms with van der Waals surface area (Å²) in [5, 5.41) is 8.26. The van der Waals surface area contributed by atoms with Gasteiger partial charge in [-0.3, -0.25) is 14.4 Å². The fraction of sp³-hybridized carbons (Fsp3) is 0.147. The molecule has 7 nitrogen and oxygen atoms in total. The molecule has 0 atom stereocenters. The zero-order valence-corrected chi connectivity index (χ0v) is 26.4. The van der Waals surface area contributed by atoms with Gasteiger partial charge >= 0.3 is 6.18 Å². The smallest absolute Gasteiger partial charge is 0.416 e. The monoisotopic (exact) mass is 667 g/mol. The lowest BCUT2D eigenvalue weighted by Crippen LogP contribution is -2.33. The molecule has 0 aliphatic carbocycles. The number of hydrogen-bond acceptors (Lipinski definition) is 5. The molecule has 0 heterocycles. The minimum Gasteiger partial charge on any atom is -0.495 e. The second-order valence-corrected chi connectivity index (χ2v) is 12.5. The van der Waals surface area contributed by atoms with E-state index in [1.165, 1.54) is 49.2 Å². The van der Waals surface area contributed by atoms with Crippen LogP contribution >= 0.6 is 23.4 Å². The van der Waals surface area contributed by atoms with Crippen LogP contribution in [0.1, 0.15) is 35.3 Å². The third-order valence-corrected chi connectivity index (χ3v) is 8.04. The number of carbonyl (C=O) groups is 3. The normalized spacial score (nSPS) is 11.8. The average molecular weight is 668 g/mol. The maximum absolute atomic E-state index is 13.7. The van der Waals surface area contributed by atoms with Crippen LogP contribution in [0.3, 0.4) is 0 Å². The second kappa shape index (κ2) is 14.6. The Morgan fingerprint density at radius 1 is 0.826 bits per heavy atom. The van der Waals surface area contributed by atoms with E-state index >= 15 is 0 Å². The highest BCUT2D eigenvalue weighted by Gasteiger charge is 2.33. The number of benzene rings is 4. The van der Waals surface area contributed by atoms with E-state index in [2.05, 4.69) is 16.0 Å². The number of carbonyl (C=O) groups excluding carboxylic acids is 3. The number of halogens is 4. The molecular formula is C34H29ClF3N3O4S. The van der Waals surface area contributed by atoms with Crippen molar-refractivity contribution in [2.45, 2.75) is 29.7 Å². The molecule has 0 spiro atoms. The van der Waals surface area contributed by atoms with E-state index in [9.17, 15) is 27.6 Å². The second-order valence-electron chi connectivity index (χ2n) is 10.4. The molecule has 0 unspecified atom stereocenters. The Balaban J connectivity index is 1.50. The molecule has 0 aromatic heterocycles. The number of nitrogens with one attached hydrogen (secondary N) is 3. The third kappa shape index (κ3) is 8.92.